The van der Waals surface area contributed by atoms with Gasteiger partial charge in [0.2, 0.25) is 15.9 Å². The number of piperazine rings is 1. The van der Waals surface area contributed by atoms with E-state index in [2.05, 4.69) is 16.0 Å². The number of hydrogen-bond donors (Lipinski definition) is 3. The number of nitrogens with one attached hydrogen (secondary N) is 3. The molecule has 1 aromatic carbocycles. The lowest BCUT2D eigenvalue weighted by Crippen LogP contribution is -2.49. The van der Waals surface area contributed by atoms with E-state index in [4.69, 9.17) is 0 Å². The molecule has 1 aliphatic rings. The molecule has 0 spiro atoms. The lowest BCUT2D eigenvalue weighted by Gasteiger charge is -2.25. The topological polar surface area (TPSA) is 108 Å². The van der Waals surface area contributed by atoms with E-state index < -0.39 is 10.0 Å². The molecule has 1 saturated heterocycles. The van der Waals surface area contributed by atoms with E-state index in [9.17, 15) is 18.0 Å². The van der Waals surface area contributed by atoms with Crippen LogP contribution in [0.2, 0.25) is 0 Å². The highest BCUT2D eigenvalue weighted by atomic mass is 32.2. The van der Waals surface area contributed by atoms with Crippen molar-refractivity contribution in [2.45, 2.75) is 11.3 Å². The van der Waals surface area contributed by atoms with Crippen molar-refractivity contribution >= 4 is 21.8 Å². The van der Waals surface area contributed by atoms with Crippen LogP contribution in [0.15, 0.2) is 29.2 Å². The summed E-state index contributed by atoms with van der Waals surface area (Å²) in [5, 5.41) is 8.34. The monoisotopic (exact) mass is 354 g/mol. The summed E-state index contributed by atoms with van der Waals surface area (Å²) in [4.78, 5) is 23.4. The maximum absolute atomic E-state index is 12.5. The zero-order chi connectivity index (χ0) is 17.6. The van der Waals surface area contributed by atoms with Crippen LogP contribution in [-0.4, -0.2) is 64.3 Å². The van der Waals surface area contributed by atoms with Crippen molar-refractivity contribution in [3.63, 3.8) is 0 Å². The van der Waals surface area contributed by atoms with Crippen molar-refractivity contribution in [1.29, 1.82) is 0 Å². The molecule has 0 bridgehead atoms. The SMILES string of the molecule is CNCCCNC(=O)c1ccc(S(=O)(=O)N2CCNC(=O)C2)cc1. The number of sulfonamides is 1. The van der Waals surface area contributed by atoms with E-state index in [0.717, 1.165) is 17.3 Å². The van der Waals surface area contributed by atoms with Gasteiger partial charge < -0.3 is 16.0 Å². The van der Waals surface area contributed by atoms with Gasteiger partial charge in [-0.3, -0.25) is 9.59 Å². The first-order chi connectivity index (χ1) is 11.4. The number of benzene rings is 1. The van der Waals surface area contributed by atoms with Gasteiger partial charge in [0.05, 0.1) is 11.4 Å². The van der Waals surface area contributed by atoms with E-state index >= 15 is 0 Å². The average Bonchev–Trinajstić information content (AvgIpc) is 2.58. The predicted molar refractivity (Wildman–Crippen MR) is 89.1 cm³/mol. The Kier molecular flexibility index (Phi) is 6.29. The lowest BCUT2D eigenvalue weighted by molar-refractivity contribution is -0.122. The fraction of sp³-hybridized carbons (Fsp3) is 0.467. The van der Waals surface area contributed by atoms with Crippen LogP contribution in [-0.2, 0) is 14.8 Å². The van der Waals surface area contributed by atoms with E-state index in [1.54, 1.807) is 0 Å². The predicted octanol–water partition coefficient (Wildman–Crippen LogP) is -0.854. The Morgan fingerprint density at radius 1 is 1.25 bits per heavy atom. The maximum atomic E-state index is 12.5. The molecule has 0 saturated carbocycles. The van der Waals surface area contributed by atoms with E-state index in [0.29, 0.717) is 18.7 Å². The molecular weight excluding hydrogens is 332 g/mol. The molecule has 1 aliphatic heterocycles. The van der Waals surface area contributed by atoms with Gasteiger partial charge in [0, 0.05) is 25.2 Å². The molecule has 132 valence electrons. The Morgan fingerprint density at radius 2 is 1.96 bits per heavy atom. The molecule has 8 nitrogen and oxygen atoms in total. The highest BCUT2D eigenvalue weighted by Crippen LogP contribution is 2.17. The molecule has 9 heteroatoms. The van der Waals surface area contributed by atoms with Crippen molar-refractivity contribution in [2.24, 2.45) is 0 Å². The standard InChI is InChI=1S/C15H22N4O4S/c1-16-7-2-8-18-15(21)12-3-5-13(6-4-12)24(22,23)19-10-9-17-14(20)11-19/h3-6,16H,2,7-11H2,1H3,(H,17,20)(H,18,21). The minimum absolute atomic E-state index is 0.0731. The molecule has 0 aliphatic carbocycles. The van der Waals surface area contributed by atoms with Gasteiger partial charge in [-0.05, 0) is 44.3 Å². The Bertz CT molecular complexity index is 688. The van der Waals surface area contributed by atoms with Gasteiger partial charge in [-0.1, -0.05) is 0 Å². The largest absolute Gasteiger partial charge is 0.354 e. The second kappa shape index (κ2) is 8.22. The molecule has 3 N–H and O–H groups in total. The number of hydrogen-bond acceptors (Lipinski definition) is 5. The van der Waals surface area contributed by atoms with Gasteiger partial charge in [0.25, 0.3) is 5.91 Å². The van der Waals surface area contributed by atoms with Gasteiger partial charge in [0.1, 0.15) is 0 Å². The summed E-state index contributed by atoms with van der Waals surface area (Å²) in [6, 6.07) is 5.74. The molecule has 0 aromatic heterocycles. The first-order valence-electron chi connectivity index (χ1n) is 7.75. The first-order valence-corrected chi connectivity index (χ1v) is 9.19. The highest BCUT2D eigenvalue weighted by molar-refractivity contribution is 7.89. The minimum Gasteiger partial charge on any atom is -0.354 e. The van der Waals surface area contributed by atoms with Crippen molar-refractivity contribution < 1.29 is 18.0 Å². The molecular formula is C15H22N4O4S. The summed E-state index contributed by atoms with van der Waals surface area (Å²) in [6.45, 7) is 1.70. The van der Waals surface area contributed by atoms with Gasteiger partial charge in [-0.2, -0.15) is 4.31 Å². The van der Waals surface area contributed by atoms with Crippen LogP contribution in [0.4, 0.5) is 0 Å². The summed E-state index contributed by atoms with van der Waals surface area (Å²) in [5.41, 5.74) is 0.398. The molecule has 1 aromatic rings. The third kappa shape index (κ3) is 4.53. The quantitative estimate of drug-likeness (QED) is 0.553. The summed E-state index contributed by atoms with van der Waals surface area (Å²) < 4.78 is 26.1. The Labute approximate surface area is 141 Å². The third-order valence-corrected chi connectivity index (χ3v) is 5.51. The smallest absolute Gasteiger partial charge is 0.251 e. The molecule has 2 rings (SSSR count). The van der Waals surface area contributed by atoms with Gasteiger partial charge in [-0.25, -0.2) is 8.42 Å². The zero-order valence-corrected chi connectivity index (χ0v) is 14.4. The zero-order valence-electron chi connectivity index (χ0n) is 13.5. The van der Waals surface area contributed by atoms with Crippen molar-refractivity contribution in [3.8, 4) is 0 Å². The molecule has 0 radical (unpaired) electrons. The lowest BCUT2D eigenvalue weighted by atomic mass is 10.2. The highest BCUT2D eigenvalue weighted by Gasteiger charge is 2.29. The number of carbonyl (C=O) groups is 2. The van der Waals surface area contributed by atoms with Crippen LogP contribution in [0.5, 0.6) is 0 Å². The Balaban J connectivity index is 2.02. The molecule has 2 amide bonds. The van der Waals surface area contributed by atoms with E-state index in [1.807, 2.05) is 7.05 Å². The third-order valence-electron chi connectivity index (χ3n) is 3.65. The molecule has 0 atom stereocenters. The molecule has 24 heavy (non-hydrogen) atoms. The van der Waals surface area contributed by atoms with Crippen LogP contribution in [0.3, 0.4) is 0 Å². The van der Waals surface area contributed by atoms with Crippen molar-refractivity contribution in [2.75, 3.05) is 39.8 Å². The van der Waals surface area contributed by atoms with Crippen LogP contribution in [0.25, 0.3) is 0 Å². The fourth-order valence-electron chi connectivity index (χ4n) is 2.32. The number of nitrogens with zero attached hydrogens (tertiary/aromatic N) is 1. The molecule has 1 heterocycles. The van der Waals surface area contributed by atoms with Crippen LogP contribution in [0.1, 0.15) is 16.8 Å². The fourth-order valence-corrected chi connectivity index (χ4v) is 3.71. The van der Waals surface area contributed by atoms with E-state index in [-0.39, 0.29) is 29.8 Å². The number of amides is 2. The molecule has 1 fully saturated rings. The minimum atomic E-state index is -3.73. The normalized spacial score (nSPS) is 15.8. The van der Waals surface area contributed by atoms with Crippen LogP contribution < -0.4 is 16.0 Å². The number of rotatable bonds is 7. The Hall–Kier alpha value is -1.97. The average molecular weight is 354 g/mol. The van der Waals surface area contributed by atoms with Crippen molar-refractivity contribution in [1.82, 2.24) is 20.3 Å². The van der Waals surface area contributed by atoms with Gasteiger partial charge in [-0.15, -0.1) is 0 Å². The summed E-state index contributed by atoms with van der Waals surface area (Å²) in [5.74, 6) is -0.560. The van der Waals surface area contributed by atoms with Crippen LogP contribution >= 0.6 is 0 Å². The van der Waals surface area contributed by atoms with Gasteiger partial charge in [0.15, 0.2) is 0 Å². The van der Waals surface area contributed by atoms with E-state index in [1.165, 1.54) is 24.3 Å². The first kappa shape index (κ1) is 18.4. The molecule has 0 unspecified atom stereocenters. The number of carbonyl (C=O) groups excluding carboxylic acids is 2. The van der Waals surface area contributed by atoms with Gasteiger partial charge >= 0.3 is 0 Å². The maximum Gasteiger partial charge on any atom is 0.251 e. The Morgan fingerprint density at radius 3 is 2.58 bits per heavy atom. The summed E-state index contributed by atoms with van der Waals surface area (Å²) in [6.07, 6.45) is 0.811. The summed E-state index contributed by atoms with van der Waals surface area (Å²) >= 11 is 0. The van der Waals surface area contributed by atoms with Crippen LogP contribution in [0, 0.1) is 0 Å². The summed E-state index contributed by atoms with van der Waals surface area (Å²) in [7, 11) is -1.89. The second-order valence-corrected chi connectivity index (χ2v) is 7.36. The second-order valence-electron chi connectivity index (χ2n) is 5.43. The van der Waals surface area contributed by atoms with Crippen molar-refractivity contribution in [3.05, 3.63) is 29.8 Å².